The van der Waals surface area contributed by atoms with E-state index in [4.69, 9.17) is 4.74 Å². The molecule has 1 aromatic rings. The number of thiol groups is 1. The van der Waals surface area contributed by atoms with Crippen molar-refractivity contribution in [2.24, 2.45) is 0 Å². The molecule has 0 aliphatic carbocycles. The molecule has 0 fully saturated rings. The number of halogens is 1. The van der Waals surface area contributed by atoms with Crippen LogP contribution in [0.15, 0.2) is 30.3 Å². The summed E-state index contributed by atoms with van der Waals surface area (Å²) < 4.78 is 5.67. The Kier molecular flexibility index (Phi) is 7.68. The molecule has 17 heavy (non-hydrogen) atoms. The number of benzene rings is 1. The van der Waals surface area contributed by atoms with Crippen molar-refractivity contribution in [3.8, 4) is 5.75 Å². The smallest absolute Gasteiger partial charge is 0.119 e. The highest BCUT2D eigenvalue weighted by Gasteiger charge is 2.14. The van der Waals surface area contributed by atoms with Crippen LogP contribution in [0.2, 0.25) is 0 Å². The van der Waals surface area contributed by atoms with Crippen molar-refractivity contribution in [2.75, 3.05) is 26.7 Å². The Morgan fingerprint density at radius 1 is 1.24 bits per heavy atom. The molecule has 0 bridgehead atoms. The van der Waals surface area contributed by atoms with E-state index in [0.717, 1.165) is 18.8 Å². The standard InChI is InChI=1S/C13H21NOS.ClH/c1-13(2,16)11-14(3)9-10-15-12-7-5-4-6-8-12;/h4-8,16H,9-11H2,1-3H3;1H. The van der Waals surface area contributed by atoms with E-state index in [1.165, 1.54) is 0 Å². The maximum Gasteiger partial charge on any atom is 0.119 e. The maximum absolute atomic E-state index is 5.62. The van der Waals surface area contributed by atoms with Gasteiger partial charge in [0.25, 0.3) is 0 Å². The van der Waals surface area contributed by atoms with Gasteiger partial charge in [0, 0.05) is 17.8 Å². The van der Waals surface area contributed by atoms with Crippen LogP contribution in [0.1, 0.15) is 13.8 Å². The molecule has 0 aromatic heterocycles. The molecule has 0 aliphatic rings. The first-order valence-corrected chi connectivity index (χ1v) is 6.01. The largest absolute Gasteiger partial charge is 0.492 e. The summed E-state index contributed by atoms with van der Waals surface area (Å²) in [5.74, 6) is 0.932. The van der Waals surface area contributed by atoms with Gasteiger partial charge in [-0.3, -0.25) is 0 Å². The molecule has 0 aliphatic heterocycles. The number of likely N-dealkylation sites (N-methyl/N-ethyl adjacent to an activating group) is 1. The third-order valence-corrected chi connectivity index (χ3v) is 2.28. The predicted octanol–water partition coefficient (Wildman–Crippen LogP) is 3.13. The van der Waals surface area contributed by atoms with Gasteiger partial charge in [-0.2, -0.15) is 12.6 Å². The lowest BCUT2D eigenvalue weighted by Crippen LogP contribution is -2.34. The maximum atomic E-state index is 5.62. The first-order chi connectivity index (χ1) is 7.47. The summed E-state index contributed by atoms with van der Waals surface area (Å²) >= 11 is 4.50. The van der Waals surface area contributed by atoms with Gasteiger partial charge in [0.15, 0.2) is 0 Å². The van der Waals surface area contributed by atoms with Crippen LogP contribution >= 0.6 is 25.0 Å². The molecular formula is C13H22ClNOS. The first kappa shape index (κ1) is 16.6. The van der Waals surface area contributed by atoms with Crippen molar-refractivity contribution in [3.63, 3.8) is 0 Å². The van der Waals surface area contributed by atoms with E-state index in [-0.39, 0.29) is 17.2 Å². The fraction of sp³-hybridized carbons (Fsp3) is 0.538. The lowest BCUT2D eigenvalue weighted by Gasteiger charge is -2.25. The Hall–Kier alpha value is -0.380. The van der Waals surface area contributed by atoms with Crippen molar-refractivity contribution >= 4 is 25.0 Å². The molecule has 0 heterocycles. The monoisotopic (exact) mass is 275 g/mol. The van der Waals surface area contributed by atoms with Crippen LogP contribution < -0.4 is 4.74 Å². The zero-order valence-corrected chi connectivity index (χ0v) is 12.4. The Labute approximate surface area is 116 Å². The molecule has 1 rings (SSSR count). The third-order valence-electron chi connectivity index (χ3n) is 2.14. The molecule has 0 spiro atoms. The molecule has 0 saturated heterocycles. The molecule has 1 aromatic carbocycles. The van der Waals surface area contributed by atoms with Crippen LogP contribution in [0.4, 0.5) is 0 Å². The Balaban J connectivity index is 0.00000256. The summed E-state index contributed by atoms with van der Waals surface area (Å²) in [6, 6.07) is 9.90. The van der Waals surface area contributed by atoms with Gasteiger partial charge in [0.1, 0.15) is 12.4 Å². The first-order valence-electron chi connectivity index (χ1n) is 5.56. The van der Waals surface area contributed by atoms with Crippen molar-refractivity contribution < 1.29 is 4.74 Å². The minimum absolute atomic E-state index is 0. The number of rotatable bonds is 6. The Morgan fingerprint density at radius 3 is 2.35 bits per heavy atom. The molecule has 0 atom stereocenters. The zero-order valence-electron chi connectivity index (χ0n) is 10.7. The van der Waals surface area contributed by atoms with Gasteiger partial charge in [-0.05, 0) is 33.0 Å². The summed E-state index contributed by atoms with van der Waals surface area (Å²) in [4.78, 5) is 2.23. The summed E-state index contributed by atoms with van der Waals surface area (Å²) in [5.41, 5.74) is 0. The van der Waals surface area contributed by atoms with E-state index in [0.29, 0.717) is 6.61 Å². The van der Waals surface area contributed by atoms with E-state index in [1.54, 1.807) is 0 Å². The molecule has 0 unspecified atom stereocenters. The molecule has 0 radical (unpaired) electrons. The topological polar surface area (TPSA) is 12.5 Å². The minimum Gasteiger partial charge on any atom is -0.492 e. The van der Waals surface area contributed by atoms with Gasteiger partial charge in [-0.1, -0.05) is 18.2 Å². The van der Waals surface area contributed by atoms with Crippen molar-refractivity contribution in [1.82, 2.24) is 4.90 Å². The highest BCUT2D eigenvalue weighted by Crippen LogP contribution is 2.13. The summed E-state index contributed by atoms with van der Waals surface area (Å²) in [7, 11) is 2.09. The van der Waals surface area contributed by atoms with Crippen LogP contribution in [0.5, 0.6) is 5.75 Å². The lowest BCUT2D eigenvalue weighted by atomic mass is 10.2. The number of hydrogen-bond acceptors (Lipinski definition) is 3. The average molecular weight is 276 g/mol. The van der Waals surface area contributed by atoms with Crippen LogP contribution in [0.25, 0.3) is 0 Å². The van der Waals surface area contributed by atoms with E-state index in [1.807, 2.05) is 30.3 Å². The number of para-hydroxylation sites is 1. The predicted molar refractivity (Wildman–Crippen MR) is 79.7 cm³/mol. The highest BCUT2D eigenvalue weighted by molar-refractivity contribution is 7.81. The summed E-state index contributed by atoms with van der Waals surface area (Å²) in [6.07, 6.45) is 0. The number of ether oxygens (including phenoxy) is 1. The summed E-state index contributed by atoms with van der Waals surface area (Å²) in [6.45, 7) is 6.81. The molecule has 2 nitrogen and oxygen atoms in total. The minimum atomic E-state index is 0. The molecule has 98 valence electrons. The van der Waals surface area contributed by atoms with Gasteiger partial charge in [0.05, 0.1) is 0 Å². The lowest BCUT2D eigenvalue weighted by molar-refractivity contribution is 0.229. The fourth-order valence-electron chi connectivity index (χ4n) is 1.58. The van der Waals surface area contributed by atoms with Gasteiger partial charge < -0.3 is 9.64 Å². The third kappa shape index (κ3) is 8.36. The Bertz CT molecular complexity index is 300. The van der Waals surface area contributed by atoms with E-state index in [2.05, 4.69) is 38.4 Å². The molecule has 0 amide bonds. The van der Waals surface area contributed by atoms with Gasteiger partial charge in [0.2, 0.25) is 0 Å². The van der Waals surface area contributed by atoms with Crippen LogP contribution in [-0.4, -0.2) is 36.4 Å². The number of nitrogens with zero attached hydrogens (tertiary/aromatic N) is 1. The molecule has 0 N–H and O–H groups in total. The van der Waals surface area contributed by atoms with Crippen LogP contribution in [0, 0.1) is 0 Å². The van der Waals surface area contributed by atoms with Crippen LogP contribution in [0.3, 0.4) is 0 Å². The van der Waals surface area contributed by atoms with E-state index >= 15 is 0 Å². The zero-order chi connectivity index (χ0) is 12.0. The molecule has 4 heteroatoms. The van der Waals surface area contributed by atoms with Crippen LogP contribution in [-0.2, 0) is 0 Å². The van der Waals surface area contributed by atoms with E-state index in [9.17, 15) is 0 Å². The van der Waals surface area contributed by atoms with Crippen molar-refractivity contribution in [3.05, 3.63) is 30.3 Å². The van der Waals surface area contributed by atoms with Gasteiger partial charge in [-0.25, -0.2) is 0 Å². The summed E-state index contributed by atoms with van der Waals surface area (Å²) in [5, 5.41) is 0. The highest BCUT2D eigenvalue weighted by atomic mass is 35.5. The number of hydrogen-bond donors (Lipinski definition) is 1. The van der Waals surface area contributed by atoms with Gasteiger partial charge in [-0.15, -0.1) is 12.4 Å². The Morgan fingerprint density at radius 2 is 1.82 bits per heavy atom. The van der Waals surface area contributed by atoms with Crippen molar-refractivity contribution in [2.45, 2.75) is 18.6 Å². The quantitative estimate of drug-likeness (QED) is 0.801. The second-order valence-electron chi connectivity index (χ2n) is 4.71. The average Bonchev–Trinajstić information content (AvgIpc) is 2.16. The normalized spacial score (nSPS) is 11.1. The second-order valence-corrected chi connectivity index (χ2v) is 5.92. The SMILES string of the molecule is CN(CCOc1ccccc1)CC(C)(C)S.Cl. The fourth-order valence-corrected chi connectivity index (χ4v) is 1.82. The van der Waals surface area contributed by atoms with E-state index < -0.39 is 0 Å². The second kappa shape index (κ2) is 7.85. The molecule has 0 saturated carbocycles. The molecular weight excluding hydrogens is 254 g/mol. The van der Waals surface area contributed by atoms with Crippen molar-refractivity contribution in [1.29, 1.82) is 0 Å². The van der Waals surface area contributed by atoms with Gasteiger partial charge >= 0.3 is 0 Å².